The fourth-order valence-electron chi connectivity index (χ4n) is 2.85. The zero-order chi connectivity index (χ0) is 20.5. The summed E-state index contributed by atoms with van der Waals surface area (Å²) < 4.78 is 49.6. The van der Waals surface area contributed by atoms with Crippen LogP contribution in [0.4, 0.5) is 18.9 Å². The number of imide groups is 1. The van der Waals surface area contributed by atoms with Gasteiger partial charge in [-0.2, -0.15) is 13.2 Å². The van der Waals surface area contributed by atoms with Crippen LogP contribution in [0.3, 0.4) is 0 Å². The Labute approximate surface area is 159 Å². The molecule has 0 unspecified atom stereocenters. The van der Waals surface area contributed by atoms with Crippen molar-refractivity contribution in [2.75, 3.05) is 18.6 Å². The maximum Gasteiger partial charge on any atom is 0.416 e. The van der Waals surface area contributed by atoms with Crippen molar-refractivity contribution in [1.82, 2.24) is 0 Å². The van der Waals surface area contributed by atoms with E-state index in [0.717, 1.165) is 18.2 Å². The van der Waals surface area contributed by atoms with E-state index in [1.165, 1.54) is 31.6 Å². The van der Waals surface area contributed by atoms with Crippen LogP contribution in [0, 0.1) is 0 Å². The van der Waals surface area contributed by atoms with Crippen molar-refractivity contribution in [3.63, 3.8) is 0 Å². The van der Waals surface area contributed by atoms with Gasteiger partial charge in [0, 0.05) is 5.56 Å². The fourth-order valence-corrected chi connectivity index (χ4v) is 2.85. The summed E-state index contributed by atoms with van der Waals surface area (Å²) in [6, 6.07) is 8.61. The monoisotopic (exact) mass is 391 g/mol. The number of anilines is 1. The Morgan fingerprint density at radius 3 is 2.43 bits per heavy atom. The van der Waals surface area contributed by atoms with Gasteiger partial charge in [-0.15, -0.1) is 0 Å². The first kappa shape index (κ1) is 19.5. The first-order chi connectivity index (χ1) is 13.3. The molecule has 3 rings (SSSR count). The second kappa shape index (κ2) is 7.38. The number of methoxy groups -OCH3 is 1. The van der Waals surface area contributed by atoms with Gasteiger partial charge in [0.25, 0.3) is 11.8 Å². The maximum absolute atomic E-state index is 13.1. The van der Waals surface area contributed by atoms with Gasteiger partial charge < -0.3 is 9.47 Å². The number of amides is 2. The summed E-state index contributed by atoms with van der Waals surface area (Å²) in [7, 11) is 1.42. The van der Waals surface area contributed by atoms with Crippen molar-refractivity contribution in [2.45, 2.75) is 13.1 Å². The van der Waals surface area contributed by atoms with Gasteiger partial charge in [-0.1, -0.05) is 6.07 Å². The lowest BCUT2D eigenvalue weighted by molar-refractivity contribution is -0.137. The number of benzene rings is 2. The highest BCUT2D eigenvalue weighted by Crippen LogP contribution is 2.36. The minimum atomic E-state index is -4.61. The van der Waals surface area contributed by atoms with Gasteiger partial charge in [0.1, 0.15) is 5.75 Å². The Bertz CT molecular complexity index is 966. The van der Waals surface area contributed by atoms with Crippen molar-refractivity contribution >= 4 is 23.1 Å². The van der Waals surface area contributed by atoms with E-state index in [9.17, 15) is 22.8 Å². The molecule has 0 radical (unpaired) electrons. The summed E-state index contributed by atoms with van der Waals surface area (Å²) in [6.45, 7) is 1.99. The zero-order valence-corrected chi connectivity index (χ0v) is 15.0. The number of carbonyl (C=O) groups is 2. The third-order valence-electron chi connectivity index (χ3n) is 4.18. The molecule has 0 fully saturated rings. The molecule has 2 amide bonds. The number of hydrogen-bond donors (Lipinski definition) is 0. The van der Waals surface area contributed by atoms with E-state index < -0.39 is 23.6 Å². The topological polar surface area (TPSA) is 55.8 Å². The predicted molar refractivity (Wildman–Crippen MR) is 95.9 cm³/mol. The summed E-state index contributed by atoms with van der Waals surface area (Å²) >= 11 is 0. The van der Waals surface area contributed by atoms with E-state index in [0.29, 0.717) is 16.2 Å². The van der Waals surface area contributed by atoms with Crippen molar-refractivity contribution in [3.8, 4) is 5.75 Å². The molecule has 5 nitrogen and oxygen atoms in total. The average molecular weight is 391 g/mol. The molecule has 28 heavy (non-hydrogen) atoms. The van der Waals surface area contributed by atoms with Gasteiger partial charge in [-0.05, 0) is 43.3 Å². The molecule has 146 valence electrons. The Balaban J connectivity index is 2.17. The third kappa shape index (κ3) is 3.45. The zero-order valence-electron chi connectivity index (χ0n) is 15.0. The van der Waals surface area contributed by atoms with Crippen molar-refractivity contribution < 1.29 is 32.2 Å². The highest BCUT2D eigenvalue weighted by atomic mass is 19.4. The van der Waals surface area contributed by atoms with E-state index >= 15 is 0 Å². The number of carbonyl (C=O) groups excluding carboxylic acids is 2. The van der Waals surface area contributed by atoms with Crippen LogP contribution in [0.2, 0.25) is 0 Å². The molecule has 8 heteroatoms. The van der Waals surface area contributed by atoms with Crippen LogP contribution in [0.5, 0.6) is 5.75 Å². The molecular weight excluding hydrogens is 375 g/mol. The molecule has 0 saturated carbocycles. The van der Waals surface area contributed by atoms with E-state index in [2.05, 4.69) is 0 Å². The quantitative estimate of drug-likeness (QED) is 0.444. The first-order valence-electron chi connectivity index (χ1n) is 8.34. The second-order valence-corrected chi connectivity index (χ2v) is 5.89. The van der Waals surface area contributed by atoms with Crippen molar-refractivity contribution in [1.29, 1.82) is 0 Å². The minimum Gasteiger partial charge on any atom is -0.501 e. The summed E-state index contributed by atoms with van der Waals surface area (Å²) in [5.74, 6) is -1.14. The molecule has 0 bridgehead atoms. The maximum atomic E-state index is 13.1. The van der Waals surface area contributed by atoms with Gasteiger partial charge in [0.15, 0.2) is 0 Å². The highest BCUT2D eigenvalue weighted by Gasteiger charge is 2.38. The van der Waals surface area contributed by atoms with Gasteiger partial charge >= 0.3 is 6.18 Å². The van der Waals surface area contributed by atoms with Crippen molar-refractivity contribution in [2.24, 2.45) is 0 Å². The van der Waals surface area contributed by atoms with Crippen LogP contribution in [-0.2, 0) is 15.7 Å². The Morgan fingerprint density at radius 1 is 1.04 bits per heavy atom. The number of nitrogens with zero attached hydrogens (tertiary/aromatic N) is 1. The normalized spacial score (nSPS) is 15.6. The third-order valence-corrected chi connectivity index (χ3v) is 4.18. The van der Waals surface area contributed by atoms with Gasteiger partial charge in [-0.3, -0.25) is 9.59 Å². The average Bonchev–Trinajstić information content (AvgIpc) is 2.67. The molecule has 1 aliphatic heterocycles. The Hall–Kier alpha value is -3.29. The molecule has 0 spiro atoms. The first-order valence-corrected chi connectivity index (χ1v) is 8.34. The number of hydrogen-bond acceptors (Lipinski definition) is 4. The lowest BCUT2D eigenvalue weighted by atomic mass is 9.93. The van der Waals surface area contributed by atoms with E-state index in [1.807, 2.05) is 0 Å². The van der Waals surface area contributed by atoms with Gasteiger partial charge in [-0.25, -0.2) is 4.90 Å². The number of ether oxygens (including phenoxy) is 2. The van der Waals surface area contributed by atoms with Crippen LogP contribution in [0.1, 0.15) is 28.4 Å². The summed E-state index contributed by atoms with van der Waals surface area (Å²) in [6.07, 6.45) is -3.40. The molecule has 2 aromatic rings. The summed E-state index contributed by atoms with van der Waals surface area (Å²) in [5.41, 5.74) is -0.621. The minimum absolute atomic E-state index is 0.0662. The van der Waals surface area contributed by atoms with Crippen LogP contribution >= 0.6 is 0 Å². The van der Waals surface area contributed by atoms with Crippen LogP contribution in [0.15, 0.2) is 48.7 Å². The molecule has 0 saturated heterocycles. The molecule has 0 aliphatic carbocycles. The molecule has 0 atom stereocenters. The molecule has 1 heterocycles. The number of rotatable bonds is 4. The predicted octanol–water partition coefficient (Wildman–Crippen LogP) is 4.28. The largest absolute Gasteiger partial charge is 0.501 e. The van der Waals surface area contributed by atoms with Gasteiger partial charge in [0.05, 0.1) is 42.4 Å². The van der Waals surface area contributed by atoms with Crippen LogP contribution in [-0.4, -0.2) is 25.5 Å². The van der Waals surface area contributed by atoms with E-state index in [4.69, 9.17) is 9.47 Å². The lowest BCUT2D eigenvalue weighted by Crippen LogP contribution is -2.42. The molecule has 0 N–H and O–H groups in total. The molecule has 0 aromatic heterocycles. The Kier molecular flexibility index (Phi) is 5.13. The van der Waals surface area contributed by atoms with E-state index in [1.54, 1.807) is 13.0 Å². The number of fused-ring (bicyclic) bond motifs is 1. The highest BCUT2D eigenvalue weighted by molar-refractivity contribution is 6.41. The Morgan fingerprint density at radius 2 is 1.79 bits per heavy atom. The standard InChI is InChI=1S/C20H16F3NO4/c1-3-28-11-17-15-8-7-14(27-2)10-16(15)18(25)24(19(17)26)13-6-4-5-12(9-13)20(21,22)23/h4-11H,3H2,1-2H3. The molecule has 1 aliphatic rings. The number of halogens is 3. The lowest BCUT2D eigenvalue weighted by Gasteiger charge is -2.29. The molecular formula is C20H16F3NO4. The van der Waals surface area contributed by atoms with E-state index in [-0.39, 0.29) is 23.4 Å². The SMILES string of the molecule is CCOC=C1C(=O)N(c2cccc(C(F)(F)F)c2)C(=O)c2cc(OC)ccc21. The van der Waals surface area contributed by atoms with Crippen molar-refractivity contribution in [3.05, 3.63) is 65.4 Å². The second-order valence-electron chi connectivity index (χ2n) is 5.89. The number of alkyl halides is 3. The molecule has 2 aromatic carbocycles. The fraction of sp³-hybridized carbons (Fsp3) is 0.200. The summed E-state index contributed by atoms with van der Waals surface area (Å²) in [5, 5.41) is 0. The van der Waals surface area contributed by atoms with Gasteiger partial charge in [0.2, 0.25) is 0 Å². The van der Waals surface area contributed by atoms with Crippen LogP contribution < -0.4 is 9.64 Å². The van der Waals surface area contributed by atoms with Crippen LogP contribution in [0.25, 0.3) is 5.57 Å². The summed E-state index contributed by atoms with van der Waals surface area (Å²) in [4.78, 5) is 26.7. The smallest absolute Gasteiger partial charge is 0.416 e.